The van der Waals surface area contributed by atoms with E-state index in [1.54, 1.807) is 0 Å². The lowest BCUT2D eigenvalue weighted by molar-refractivity contribution is -0.368. The van der Waals surface area contributed by atoms with Crippen LogP contribution in [0.25, 0.3) is 0 Å². The average molecular weight is 188 g/mol. The van der Waals surface area contributed by atoms with E-state index in [0.29, 0.717) is 0 Å². The molecule has 0 aliphatic rings. The van der Waals surface area contributed by atoms with Crippen molar-refractivity contribution in [3.63, 3.8) is 0 Å². The van der Waals surface area contributed by atoms with Crippen LogP contribution in [0.1, 0.15) is 33.1 Å². The molecule has 0 aliphatic carbocycles. The van der Waals surface area contributed by atoms with E-state index in [0.717, 1.165) is 25.8 Å². The summed E-state index contributed by atoms with van der Waals surface area (Å²) in [6.07, 6.45) is 2.78. The summed E-state index contributed by atoms with van der Waals surface area (Å²) in [7, 11) is 0. The van der Waals surface area contributed by atoms with Gasteiger partial charge in [-0.15, -0.1) is 0 Å². The Kier molecular flexibility index (Phi) is 6.54. The molecular weight excluding hydrogens is 166 g/mol. The summed E-state index contributed by atoms with van der Waals surface area (Å²) in [5, 5.41) is 2.79. The Labute approximate surface area is 80.0 Å². The molecule has 0 aromatic rings. The topological polar surface area (TPSA) is 82.8 Å². The lowest BCUT2D eigenvalue weighted by Crippen LogP contribution is -2.50. The second kappa shape index (κ2) is 6.86. The van der Waals surface area contributed by atoms with Gasteiger partial charge >= 0.3 is 0 Å². The molecule has 0 spiro atoms. The highest BCUT2D eigenvalue weighted by atomic mass is 16.2. The molecule has 1 atom stereocenters. The normalized spacial score (nSPS) is 13.0. The van der Waals surface area contributed by atoms with Gasteiger partial charge in [0.05, 0.1) is 12.6 Å². The second-order valence-corrected chi connectivity index (χ2v) is 3.62. The molecule has 0 radical (unpaired) electrons. The monoisotopic (exact) mass is 188 g/mol. The van der Waals surface area contributed by atoms with Crippen LogP contribution in [-0.2, 0) is 4.79 Å². The largest absolute Gasteiger partial charge is 0.358 e. The lowest BCUT2D eigenvalue weighted by atomic mass is 10.1. The van der Waals surface area contributed by atoms with Gasteiger partial charge in [-0.3, -0.25) is 4.79 Å². The number of carbonyl (C=O) groups excluding carboxylic acids is 1. The van der Waals surface area contributed by atoms with Crippen LogP contribution >= 0.6 is 0 Å². The third kappa shape index (κ3) is 6.54. The first-order valence-corrected chi connectivity index (χ1v) is 4.93. The Balaban J connectivity index is 3.57. The molecule has 0 rings (SSSR count). The van der Waals surface area contributed by atoms with Gasteiger partial charge in [-0.05, 0) is 33.1 Å². The van der Waals surface area contributed by atoms with Gasteiger partial charge in [-0.25, -0.2) is 0 Å². The van der Waals surface area contributed by atoms with Crippen molar-refractivity contribution in [2.75, 3.05) is 6.54 Å². The molecular formula is C9H22N3O+. The fraction of sp³-hybridized carbons (Fsp3) is 0.889. The number of amides is 1. The summed E-state index contributed by atoms with van der Waals surface area (Å²) in [6.45, 7) is 4.78. The van der Waals surface area contributed by atoms with Gasteiger partial charge < -0.3 is 16.8 Å². The molecule has 0 aromatic carbocycles. The Morgan fingerprint density at radius 3 is 2.54 bits per heavy atom. The third-order valence-corrected chi connectivity index (χ3v) is 1.78. The molecule has 0 saturated heterocycles. The molecule has 4 nitrogen and oxygen atoms in total. The van der Waals surface area contributed by atoms with Crippen molar-refractivity contribution in [2.24, 2.45) is 5.73 Å². The van der Waals surface area contributed by atoms with E-state index in [-0.39, 0.29) is 18.0 Å². The van der Waals surface area contributed by atoms with Gasteiger partial charge in [0.2, 0.25) is 5.91 Å². The van der Waals surface area contributed by atoms with Crippen molar-refractivity contribution in [3.05, 3.63) is 0 Å². The molecule has 0 saturated carbocycles. The number of hydrogen-bond donors (Lipinski definition) is 3. The summed E-state index contributed by atoms with van der Waals surface area (Å²) < 4.78 is 0. The molecule has 0 aromatic heterocycles. The van der Waals surface area contributed by atoms with Crippen LogP contribution in [-0.4, -0.2) is 24.5 Å². The minimum absolute atomic E-state index is 0.0425. The first kappa shape index (κ1) is 12.4. The maximum absolute atomic E-state index is 11.3. The minimum Gasteiger partial charge on any atom is -0.358 e. The van der Waals surface area contributed by atoms with Crippen LogP contribution in [0, 0.1) is 0 Å². The predicted octanol–water partition coefficient (Wildman–Crippen LogP) is -0.749. The number of unbranched alkanes of at least 4 members (excludes halogenated alkanes) is 1. The molecule has 4 heteroatoms. The van der Waals surface area contributed by atoms with Crippen LogP contribution in [0.3, 0.4) is 0 Å². The molecule has 0 bridgehead atoms. The fourth-order valence-electron chi connectivity index (χ4n) is 1.06. The zero-order valence-electron chi connectivity index (χ0n) is 8.68. The van der Waals surface area contributed by atoms with Crippen molar-refractivity contribution < 1.29 is 10.5 Å². The minimum atomic E-state index is -0.353. The highest BCUT2D eigenvalue weighted by molar-refractivity contribution is 5.81. The molecule has 0 heterocycles. The summed E-state index contributed by atoms with van der Waals surface area (Å²) in [5.74, 6) is -0.0425. The van der Waals surface area contributed by atoms with Crippen LogP contribution < -0.4 is 16.8 Å². The van der Waals surface area contributed by atoms with E-state index in [1.165, 1.54) is 0 Å². The van der Waals surface area contributed by atoms with Gasteiger partial charge in [0, 0.05) is 6.04 Å². The number of carbonyl (C=O) groups is 1. The highest BCUT2D eigenvalue weighted by Crippen LogP contribution is 1.97. The zero-order chi connectivity index (χ0) is 10.3. The highest BCUT2D eigenvalue weighted by Gasteiger charge is 2.12. The quantitative estimate of drug-likeness (QED) is 0.479. The van der Waals surface area contributed by atoms with Crippen molar-refractivity contribution in [1.29, 1.82) is 0 Å². The fourth-order valence-corrected chi connectivity index (χ4v) is 1.06. The standard InChI is InChI=1S/C9H21N3O/c1-7(2)12-9(13)8(11)5-3-4-6-10/h7-8H,3-6,10-11H2,1-2H3,(H,12,13)/p+1. The van der Waals surface area contributed by atoms with Crippen molar-refractivity contribution in [3.8, 4) is 0 Å². The van der Waals surface area contributed by atoms with Gasteiger partial charge in [0.15, 0.2) is 0 Å². The summed E-state index contributed by atoms with van der Waals surface area (Å²) in [6, 6.07) is -0.180. The van der Waals surface area contributed by atoms with Crippen LogP contribution in [0.4, 0.5) is 0 Å². The molecule has 1 amide bonds. The Bertz CT molecular complexity index is 148. The second-order valence-electron chi connectivity index (χ2n) is 3.62. The molecule has 6 N–H and O–H groups in total. The van der Waals surface area contributed by atoms with Crippen LogP contribution in [0.5, 0.6) is 0 Å². The Morgan fingerprint density at radius 1 is 1.46 bits per heavy atom. The van der Waals surface area contributed by atoms with E-state index < -0.39 is 0 Å². The summed E-state index contributed by atoms with van der Waals surface area (Å²) in [4.78, 5) is 11.3. The van der Waals surface area contributed by atoms with Gasteiger partial charge in [-0.1, -0.05) is 0 Å². The maximum atomic E-state index is 11.3. The molecule has 1 unspecified atom stereocenters. The van der Waals surface area contributed by atoms with E-state index in [1.807, 2.05) is 13.8 Å². The average Bonchev–Trinajstić information content (AvgIpc) is 2.03. The third-order valence-electron chi connectivity index (χ3n) is 1.78. The van der Waals surface area contributed by atoms with Crippen molar-refractivity contribution >= 4 is 5.91 Å². The zero-order valence-corrected chi connectivity index (χ0v) is 8.68. The van der Waals surface area contributed by atoms with Crippen molar-refractivity contribution in [1.82, 2.24) is 5.32 Å². The summed E-state index contributed by atoms with van der Waals surface area (Å²) >= 11 is 0. The molecule has 78 valence electrons. The van der Waals surface area contributed by atoms with Gasteiger partial charge in [-0.2, -0.15) is 0 Å². The number of nitrogens with two attached hydrogens (primary N) is 1. The van der Waals surface area contributed by atoms with E-state index >= 15 is 0 Å². The molecule has 13 heavy (non-hydrogen) atoms. The first-order valence-electron chi connectivity index (χ1n) is 4.93. The number of quaternary nitrogens is 1. The van der Waals surface area contributed by atoms with Gasteiger partial charge in [0.1, 0.15) is 0 Å². The molecule has 0 fully saturated rings. The first-order chi connectivity index (χ1) is 6.07. The Hall–Kier alpha value is -0.610. The SMILES string of the molecule is CC(C)NC(=O)C(N)CCCC[NH3+]. The summed E-state index contributed by atoms with van der Waals surface area (Å²) in [5.41, 5.74) is 9.41. The number of rotatable bonds is 6. The number of nitrogens with one attached hydrogen (secondary N) is 1. The lowest BCUT2D eigenvalue weighted by Gasteiger charge is -2.13. The van der Waals surface area contributed by atoms with Crippen LogP contribution in [0.2, 0.25) is 0 Å². The van der Waals surface area contributed by atoms with E-state index in [2.05, 4.69) is 11.1 Å². The number of hydrogen-bond acceptors (Lipinski definition) is 2. The van der Waals surface area contributed by atoms with Crippen LogP contribution in [0.15, 0.2) is 0 Å². The molecule has 0 aliphatic heterocycles. The van der Waals surface area contributed by atoms with Gasteiger partial charge in [0.25, 0.3) is 0 Å². The van der Waals surface area contributed by atoms with E-state index in [4.69, 9.17) is 5.73 Å². The van der Waals surface area contributed by atoms with Crippen molar-refractivity contribution in [2.45, 2.75) is 45.2 Å². The maximum Gasteiger partial charge on any atom is 0.237 e. The van der Waals surface area contributed by atoms with E-state index in [9.17, 15) is 4.79 Å². The predicted molar refractivity (Wildman–Crippen MR) is 52.9 cm³/mol. The Morgan fingerprint density at radius 2 is 2.08 bits per heavy atom. The smallest absolute Gasteiger partial charge is 0.237 e.